The Morgan fingerprint density at radius 2 is 2.10 bits per heavy atom. The first kappa shape index (κ1) is 7.53. The van der Waals surface area contributed by atoms with Crippen LogP contribution < -0.4 is 10.6 Å². The molecule has 1 heterocycles. The largest absolute Gasteiger partial charge is 0.334 e. The molecule has 1 rings (SSSR count). The second-order valence-corrected chi connectivity index (χ2v) is 3.14. The van der Waals surface area contributed by atoms with Gasteiger partial charge in [-0.1, -0.05) is 15.9 Å². The summed E-state index contributed by atoms with van der Waals surface area (Å²) < 4.78 is 0. The number of amides is 3. The Kier molecular flexibility index (Phi) is 1.94. The van der Waals surface area contributed by atoms with E-state index in [9.17, 15) is 9.59 Å². The highest BCUT2D eigenvalue weighted by Crippen LogP contribution is 2.08. The van der Waals surface area contributed by atoms with Crippen LogP contribution in [-0.2, 0) is 4.79 Å². The van der Waals surface area contributed by atoms with Crippen LogP contribution in [-0.4, -0.2) is 22.8 Å². The van der Waals surface area contributed by atoms with Gasteiger partial charge < -0.3 is 5.32 Å². The molecule has 2 N–H and O–H groups in total. The predicted octanol–water partition coefficient (Wildman–Crippen LogP) is -0.0222. The lowest BCUT2D eigenvalue weighted by molar-refractivity contribution is -0.120. The molecular formula is C5H7BrN2O2. The van der Waals surface area contributed by atoms with Gasteiger partial charge in [0.2, 0.25) is 5.91 Å². The van der Waals surface area contributed by atoms with E-state index in [-0.39, 0.29) is 16.8 Å². The Hall–Kier alpha value is -0.580. The Morgan fingerprint density at radius 1 is 1.50 bits per heavy atom. The Labute approximate surface area is 66.5 Å². The number of carbonyl (C=O) groups is 2. The van der Waals surface area contributed by atoms with Crippen molar-refractivity contribution in [2.45, 2.75) is 17.8 Å². The molecule has 1 fully saturated rings. The molecule has 0 aliphatic carbocycles. The monoisotopic (exact) mass is 206 g/mol. The van der Waals surface area contributed by atoms with Crippen LogP contribution in [0.2, 0.25) is 0 Å². The van der Waals surface area contributed by atoms with Crippen molar-refractivity contribution in [1.29, 1.82) is 0 Å². The molecule has 0 saturated carbocycles. The molecule has 4 nitrogen and oxygen atoms in total. The predicted molar refractivity (Wildman–Crippen MR) is 38.9 cm³/mol. The second-order valence-electron chi connectivity index (χ2n) is 2.15. The fourth-order valence-corrected chi connectivity index (χ4v) is 0.971. The average molecular weight is 207 g/mol. The SMILES string of the molecule is C[C@@H]1NC(=O)NC(=O)[C@@H]1Br. The van der Waals surface area contributed by atoms with Crippen molar-refractivity contribution in [2.75, 3.05) is 0 Å². The van der Waals surface area contributed by atoms with Crippen LogP contribution in [0, 0.1) is 0 Å². The number of urea groups is 1. The maximum atomic E-state index is 10.8. The van der Waals surface area contributed by atoms with Crippen LogP contribution in [0.4, 0.5) is 4.79 Å². The summed E-state index contributed by atoms with van der Waals surface area (Å²) in [5, 5.41) is 4.67. The Bertz CT molecular complexity index is 182. The summed E-state index contributed by atoms with van der Waals surface area (Å²) in [7, 11) is 0. The van der Waals surface area contributed by atoms with E-state index in [1.807, 2.05) is 0 Å². The molecule has 1 saturated heterocycles. The number of carbonyl (C=O) groups excluding carboxylic acids is 2. The topological polar surface area (TPSA) is 58.2 Å². The summed E-state index contributed by atoms with van der Waals surface area (Å²) in [4.78, 5) is 21.0. The highest BCUT2D eigenvalue weighted by Gasteiger charge is 2.29. The number of alkyl halides is 1. The number of halogens is 1. The van der Waals surface area contributed by atoms with Crippen molar-refractivity contribution in [3.8, 4) is 0 Å². The van der Waals surface area contributed by atoms with Crippen molar-refractivity contribution in [2.24, 2.45) is 0 Å². The molecule has 10 heavy (non-hydrogen) atoms. The van der Waals surface area contributed by atoms with E-state index in [0.717, 1.165) is 0 Å². The van der Waals surface area contributed by atoms with Crippen LogP contribution in [0.1, 0.15) is 6.92 Å². The van der Waals surface area contributed by atoms with Gasteiger partial charge >= 0.3 is 6.03 Å². The fourth-order valence-electron chi connectivity index (χ4n) is 0.724. The number of hydrogen-bond acceptors (Lipinski definition) is 2. The van der Waals surface area contributed by atoms with Crippen LogP contribution in [0.25, 0.3) is 0 Å². The van der Waals surface area contributed by atoms with Gasteiger partial charge in [0.15, 0.2) is 0 Å². The van der Waals surface area contributed by atoms with Gasteiger partial charge in [-0.05, 0) is 6.92 Å². The fraction of sp³-hybridized carbons (Fsp3) is 0.600. The summed E-state index contributed by atoms with van der Waals surface area (Å²) in [5.41, 5.74) is 0. The minimum atomic E-state index is -0.423. The second kappa shape index (κ2) is 2.57. The van der Waals surface area contributed by atoms with Crippen LogP contribution >= 0.6 is 15.9 Å². The first-order chi connectivity index (χ1) is 4.61. The standard InChI is InChI=1S/C5H7BrN2O2/c1-2-3(6)4(9)8-5(10)7-2/h2-3H,1H3,(H2,7,8,9,10)/t2-,3+/m0/s1. The van der Waals surface area contributed by atoms with Crippen molar-refractivity contribution in [1.82, 2.24) is 10.6 Å². The minimum absolute atomic E-state index is 0.138. The molecule has 1 aliphatic heterocycles. The molecule has 2 atom stereocenters. The van der Waals surface area contributed by atoms with E-state index < -0.39 is 6.03 Å². The van der Waals surface area contributed by atoms with Gasteiger partial charge in [-0.15, -0.1) is 0 Å². The molecule has 1 aliphatic rings. The van der Waals surface area contributed by atoms with Gasteiger partial charge in [0.1, 0.15) is 4.83 Å². The van der Waals surface area contributed by atoms with Gasteiger partial charge in [0, 0.05) is 6.04 Å². The maximum absolute atomic E-state index is 10.8. The third kappa shape index (κ3) is 1.29. The van der Waals surface area contributed by atoms with Crippen molar-refractivity contribution >= 4 is 27.9 Å². The molecule has 5 heteroatoms. The van der Waals surface area contributed by atoms with Crippen LogP contribution in [0.3, 0.4) is 0 Å². The molecule has 0 bridgehead atoms. The lowest BCUT2D eigenvalue weighted by Gasteiger charge is -2.24. The normalized spacial score (nSPS) is 33.0. The summed E-state index contributed by atoms with van der Waals surface area (Å²) in [6, 6.07) is -0.561. The van der Waals surface area contributed by atoms with Crippen molar-refractivity contribution in [3.05, 3.63) is 0 Å². The Balaban J connectivity index is 2.66. The van der Waals surface area contributed by atoms with Crippen molar-refractivity contribution < 1.29 is 9.59 Å². The van der Waals surface area contributed by atoms with E-state index in [4.69, 9.17) is 0 Å². The molecule has 0 aromatic carbocycles. The number of hydrogen-bond donors (Lipinski definition) is 2. The molecule has 0 aromatic rings. The highest BCUT2D eigenvalue weighted by molar-refractivity contribution is 9.10. The van der Waals surface area contributed by atoms with Crippen LogP contribution in [0.15, 0.2) is 0 Å². The molecule has 0 aromatic heterocycles. The van der Waals surface area contributed by atoms with E-state index in [1.54, 1.807) is 6.92 Å². The summed E-state index contributed by atoms with van der Waals surface area (Å²) in [5.74, 6) is -0.281. The van der Waals surface area contributed by atoms with Gasteiger partial charge in [0.25, 0.3) is 0 Å². The third-order valence-corrected chi connectivity index (χ3v) is 2.49. The zero-order chi connectivity index (χ0) is 7.72. The van der Waals surface area contributed by atoms with Gasteiger partial charge in [0.05, 0.1) is 0 Å². The highest BCUT2D eigenvalue weighted by atomic mass is 79.9. The maximum Gasteiger partial charge on any atom is 0.321 e. The summed E-state index contributed by atoms with van der Waals surface area (Å²) in [6.45, 7) is 1.76. The van der Waals surface area contributed by atoms with Gasteiger partial charge in [-0.25, -0.2) is 4.79 Å². The van der Waals surface area contributed by atoms with Crippen molar-refractivity contribution in [3.63, 3.8) is 0 Å². The quantitative estimate of drug-likeness (QED) is 0.548. The van der Waals surface area contributed by atoms with E-state index >= 15 is 0 Å². The van der Waals surface area contributed by atoms with Gasteiger partial charge in [-0.2, -0.15) is 0 Å². The lowest BCUT2D eigenvalue weighted by Crippen LogP contribution is -2.57. The van der Waals surface area contributed by atoms with E-state index in [1.165, 1.54) is 0 Å². The average Bonchev–Trinajstić information content (AvgIpc) is 1.82. The van der Waals surface area contributed by atoms with Gasteiger partial charge in [-0.3, -0.25) is 10.1 Å². The number of rotatable bonds is 0. The summed E-state index contributed by atoms with van der Waals surface area (Å²) >= 11 is 3.12. The molecule has 3 amide bonds. The smallest absolute Gasteiger partial charge is 0.321 e. The third-order valence-electron chi connectivity index (χ3n) is 1.28. The first-order valence-corrected chi connectivity index (χ1v) is 3.78. The van der Waals surface area contributed by atoms with E-state index in [0.29, 0.717) is 0 Å². The lowest BCUT2D eigenvalue weighted by atomic mass is 10.2. The minimum Gasteiger partial charge on any atom is -0.334 e. The van der Waals surface area contributed by atoms with Crippen LogP contribution in [0.5, 0.6) is 0 Å². The summed E-state index contributed by atoms with van der Waals surface area (Å²) in [6.07, 6.45) is 0. The molecular weight excluding hydrogens is 200 g/mol. The molecule has 56 valence electrons. The van der Waals surface area contributed by atoms with E-state index in [2.05, 4.69) is 26.6 Å². The zero-order valence-corrected chi connectivity index (χ0v) is 6.94. The number of imide groups is 1. The first-order valence-electron chi connectivity index (χ1n) is 2.86. The molecule has 0 spiro atoms. The molecule has 0 radical (unpaired) electrons. The zero-order valence-electron chi connectivity index (χ0n) is 5.35. The molecule has 0 unspecified atom stereocenters. The Morgan fingerprint density at radius 3 is 2.60 bits per heavy atom. The number of nitrogens with one attached hydrogen (secondary N) is 2.